The van der Waals surface area contributed by atoms with E-state index in [1.54, 1.807) is 0 Å². The van der Waals surface area contributed by atoms with Crippen LogP contribution in [0.25, 0.3) is 0 Å². The van der Waals surface area contributed by atoms with Crippen molar-refractivity contribution in [2.24, 2.45) is 0 Å². The number of aliphatic hydroxyl groups is 1. The molecule has 156 valence electrons. The minimum atomic E-state index is -4.63. The first-order valence-electron chi connectivity index (χ1n) is 9.90. The number of phosphoric acid groups is 1. The van der Waals surface area contributed by atoms with E-state index in [0.29, 0.717) is 25.7 Å². The monoisotopic (exact) mass is 396 g/mol. The van der Waals surface area contributed by atoms with Gasteiger partial charge in [0.05, 0.1) is 12.2 Å². The summed E-state index contributed by atoms with van der Waals surface area (Å²) in [6.07, 6.45) is 9.63. The smallest absolute Gasteiger partial charge is 0.469 e. The van der Waals surface area contributed by atoms with Crippen LogP contribution >= 0.6 is 7.82 Å². The number of carboxylic acids is 1. The Morgan fingerprint density at radius 2 is 1.38 bits per heavy atom. The van der Waals surface area contributed by atoms with Crippen LogP contribution in [0.15, 0.2) is 0 Å². The molecule has 8 heteroatoms. The highest BCUT2D eigenvalue weighted by molar-refractivity contribution is 7.46. The molecule has 4 N–H and O–H groups in total. The summed E-state index contributed by atoms with van der Waals surface area (Å²) in [7, 11) is -4.63. The van der Waals surface area contributed by atoms with E-state index in [9.17, 15) is 14.5 Å². The van der Waals surface area contributed by atoms with E-state index >= 15 is 0 Å². The molecule has 0 aliphatic heterocycles. The standard InChI is InChI=1S/C18H37O7P/c1-2-3-4-5-7-10-13-16(19)17(25-26(22,23)24)14-11-8-6-9-12-15-18(20)21/h16-17,19H,2-15H2,1H3,(H,20,21)(H2,22,23,24)/t16-,17+/m1/s1. The molecule has 0 aliphatic rings. The summed E-state index contributed by atoms with van der Waals surface area (Å²) in [4.78, 5) is 28.5. The molecule has 0 aromatic carbocycles. The van der Waals surface area contributed by atoms with Gasteiger partial charge in [-0.3, -0.25) is 9.32 Å². The second kappa shape index (κ2) is 15.6. The number of aliphatic carboxylic acids is 1. The minimum Gasteiger partial charge on any atom is -0.481 e. The molecule has 2 atom stereocenters. The molecule has 0 amide bonds. The lowest BCUT2D eigenvalue weighted by atomic mass is 9.99. The number of unbranched alkanes of at least 4 members (excludes halogenated alkanes) is 9. The Balaban J connectivity index is 4.06. The van der Waals surface area contributed by atoms with Gasteiger partial charge in [0.1, 0.15) is 0 Å². The fourth-order valence-electron chi connectivity index (χ4n) is 2.96. The zero-order chi connectivity index (χ0) is 19.8. The van der Waals surface area contributed by atoms with E-state index in [4.69, 9.17) is 19.4 Å². The second-order valence-corrected chi connectivity index (χ2v) is 8.15. The van der Waals surface area contributed by atoms with Gasteiger partial charge >= 0.3 is 13.8 Å². The van der Waals surface area contributed by atoms with Crippen LogP contribution in [0.3, 0.4) is 0 Å². The Bertz CT molecular complexity index is 397. The Morgan fingerprint density at radius 3 is 1.92 bits per heavy atom. The fourth-order valence-corrected chi connectivity index (χ4v) is 3.56. The molecule has 0 aromatic heterocycles. The lowest BCUT2D eigenvalue weighted by molar-refractivity contribution is -0.137. The maximum atomic E-state index is 11.1. The summed E-state index contributed by atoms with van der Waals surface area (Å²) in [5.41, 5.74) is 0. The molecule has 0 unspecified atom stereocenters. The Labute approximate surface area is 157 Å². The van der Waals surface area contributed by atoms with Crippen LogP contribution < -0.4 is 0 Å². The number of hydrogen-bond donors (Lipinski definition) is 4. The lowest BCUT2D eigenvalue weighted by Gasteiger charge is -2.23. The second-order valence-electron chi connectivity index (χ2n) is 6.96. The third-order valence-electron chi connectivity index (χ3n) is 4.43. The van der Waals surface area contributed by atoms with Crippen LogP contribution in [0.2, 0.25) is 0 Å². The topological polar surface area (TPSA) is 124 Å². The van der Waals surface area contributed by atoms with Crippen molar-refractivity contribution in [2.75, 3.05) is 0 Å². The average molecular weight is 396 g/mol. The normalized spacial score (nSPS) is 14.3. The molecule has 0 radical (unpaired) electrons. The van der Waals surface area contributed by atoms with Gasteiger partial charge in [0, 0.05) is 6.42 Å². The van der Waals surface area contributed by atoms with Crippen molar-refractivity contribution >= 4 is 13.8 Å². The van der Waals surface area contributed by atoms with Crippen molar-refractivity contribution in [2.45, 2.75) is 109 Å². The zero-order valence-electron chi connectivity index (χ0n) is 16.0. The first-order valence-corrected chi connectivity index (χ1v) is 11.4. The maximum Gasteiger partial charge on any atom is 0.469 e. The summed E-state index contributed by atoms with van der Waals surface area (Å²) >= 11 is 0. The SMILES string of the molecule is CCCCCCCC[C@@H](O)[C@H](CCCCCCCC(=O)O)OP(=O)(O)O. The van der Waals surface area contributed by atoms with Crippen molar-refractivity contribution in [1.82, 2.24) is 0 Å². The Kier molecular flexibility index (Phi) is 15.3. The number of carbonyl (C=O) groups is 1. The number of rotatable bonds is 18. The van der Waals surface area contributed by atoms with E-state index < -0.39 is 26.0 Å². The van der Waals surface area contributed by atoms with Crippen LogP contribution in [-0.2, 0) is 13.9 Å². The van der Waals surface area contributed by atoms with Gasteiger partial charge in [-0.15, -0.1) is 0 Å². The van der Waals surface area contributed by atoms with Crippen LogP contribution in [-0.4, -0.2) is 38.2 Å². The number of carboxylic acid groups (broad SMARTS) is 1. The van der Waals surface area contributed by atoms with Crippen LogP contribution in [0.4, 0.5) is 0 Å². The molecule has 0 bridgehead atoms. The molecular formula is C18H37O7P. The van der Waals surface area contributed by atoms with Crippen molar-refractivity contribution in [1.29, 1.82) is 0 Å². The van der Waals surface area contributed by atoms with Gasteiger partial charge < -0.3 is 20.0 Å². The molecule has 0 saturated carbocycles. The molecule has 0 aromatic rings. The first kappa shape index (κ1) is 25.5. The summed E-state index contributed by atoms with van der Waals surface area (Å²) in [5.74, 6) is -0.794. The molecular weight excluding hydrogens is 359 g/mol. The molecule has 0 heterocycles. The van der Waals surface area contributed by atoms with Gasteiger partial charge in [-0.25, -0.2) is 4.57 Å². The summed E-state index contributed by atoms with van der Waals surface area (Å²) in [6, 6.07) is 0. The number of hydrogen-bond acceptors (Lipinski definition) is 4. The first-order chi connectivity index (χ1) is 12.3. The van der Waals surface area contributed by atoms with Crippen molar-refractivity contribution < 1.29 is 33.9 Å². The average Bonchev–Trinajstić information content (AvgIpc) is 2.54. The minimum absolute atomic E-state index is 0.168. The summed E-state index contributed by atoms with van der Waals surface area (Å²) < 4.78 is 15.9. The third-order valence-corrected chi connectivity index (χ3v) is 4.98. The van der Waals surface area contributed by atoms with Gasteiger partial charge in [0.25, 0.3) is 0 Å². The third kappa shape index (κ3) is 17.0. The van der Waals surface area contributed by atoms with E-state index in [2.05, 4.69) is 6.92 Å². The highest BCUT2D eigenvalue weighted by atomic mass is 31.2. The number of aliphatic hydroxyl groups excluding tert-OH is 1. The fraction of sp³-hybridized carbons (Fsp3) is 0.944. The van der Waals surface area contributed by atoms with Gasteiger partial charge in [-0.2, -0.15) is 0 Å². The zero-order valence-corrected chi connectivity index (χ0v) is 16.9. The van der Waals surface area contributed by atoms with E-state index in [1.165, 1.54) is 19.3 Å². The molecule has 7 nitrogen and oxygen atoms in total. The molecule has 0 aliphatic carbocycles. The highest BCUT2D eigenvalue weighted by Crippen LogP contribution is 2.40. The van der Waals surface area contributed by atoms with Crippen molar-refractivity contribution in [3.05, 3.63) is 0 Å². The van der Waals surface area contributed by atoms with Crippen LogP contribution in [0, 0.1) is 0 Å². The molecule has 0 saturated heterocycles. The Morgan fingerprint density at radius 1 is 0.885 bits per heavy atom. The maximum absolute atomic E-state index is 11.1. The van der Waals surface area contributed by atoms with Gasteiger partial charge in [-0.05, 0) is 19.3 Å². The van der Waals surface area contributed by atoms with E-state index in [0.717, 1.165) is 38.5 Å². The summed E-state index contributed by atoms with van der Waals surface area (Å²) in [5, 5.41) is 18.8. The van der Waals surface area contributed by atoms with Crippen molar-refractivity contribution in [3.8, 4) is 0 Å². The van der Waals surface area contributed by atoms with Gasteiger partial charge in [0.2, 0.25) is 0 Å². The number of phosphoric ester groups is 1. The van der Waals surface area contributed by atoms with E-state index in [-0.39, 0.29) is 6.42 Å². The largest absolute Gasteiger partial charge is 0.481 e. The highest BCUT2D eigenvalue weighted by Gasteiger charge is 2.27. The van der Waals surface area contributed by atoms with Crippen LogP contribution in [0.5, 0.6) is 0 Å². The predicted molar refractivity (Wildman–Crippen MR) is 101 cm³/mol. The predicted octanol–water partition coefficient (Wildman–Crippen LogP) is 4.39. The van der Waals surface area contributed by atoms with E-state index in [1.807, 2.05) is 0 Å². The molecule has 0 fully saturated rings. The van der Waals surface area contributed by atoms with Crippen molar-refractivity contribution in [3.63, 3.8) is 0 Å². The quantitative estimate of drug-likeness (QED) is 0.200. The molecule has 0 spiro atoms. The van der Waals surface area contributed by atoms with Gasteiger partial charge in [-0.1, -0.05) is 71.1 Å². The van der Waals surface area contributed by atoms with Gasteiger partial charge in [0.15, 0.2) is 0 Å². The lowest BCUT2D eigenvalue weighted by Crippen LogP contribution is -2.28. The molecule has 0 rings (SSSR count). The Hall–Kier alpha value is -0.460. The van der Waals surface area contributed by atoms with Crippen LogP contribution in [0.1, 0.15) is 96.8 Å². The molecule has 26 heavy (non-hydrogen) atoms. The summed E-state index contributed by atoms with van der Waals surface area (Å²) in [6.45, 7) is 2.15.